The summed E-state index contributed by atoms with van der Waals surface area (Å²) in [7, 11) is 4.99. The van der Waals surface area contributed by atoms with Crippen LogP contribution in [0.15, 0.2) is 53.9 Å². The summed E-state index contributed by atoms with van der Waals surface area (Å²) in [5, 5.41) is 2.05. The number of rotatable bonds is 7. The van der Waals surface area contributed by atoms with Crippen LogP contribution in [0.2, 0.25) is 0 Å². The number of carbonyl (C=O) groups excluding carboxylic acids is 1. The highest BCUT2D eigenvalue weighted by molar-refractivity contribution is 7.10. The van der Waals surface area contributed by atoms with E-state index in [1.54, 1.807) is 55.7 Å². The summed E-state index contributed by atoms with van der Waals surface area (Å²) in [5.74, 6) is 1.05. The van der Waals surface area contributed by atoms with E-state index in [4.69, 9.17) is 9.47 Å². The number of carbonyl (C=O) groups is 1. The van der Waals surface area contributed by atoms with Crippen molar-refractivity contribution >= 4 is 17.2 Å². The zero-order chi connectivity index (χ0) is 22.7. The Bertz CT molecular complexity index is 1090. The lowest BCUT2D eigenvalue weighted by atomic mass is 9.91. The zero-order valence-corrected chi connectivity index (χ0v) is 19.3. The van der Waals surface area contributed by atoms with Crippen LogP contribution < -0.4 is 9.47 Å². The minimum atomic E-state index is -0.295. The van der Waals surface area contributed by atoms with Crippen molar-refractivity contribution in [3.05, 3.63) is 81.3 Å². The van der Waals surface area contributed by atoms with E-state index in [1.807, 2.05) is 18.2 Å². The minimum absolute atomic E-state index is 0.0428. The van der Waals surface area contributed by atoms with Crippen molar-refractivity contribution in [1.82, 2.24) is 9.80 Å². The monoisotopic (exact) mass is 454 g/mol. The summed E-state index contributed by atoms with van der Waals surface area (Å²) < 4.78 is 25.1. The molecule has 2 aromatic carbocycles. The second-order valence-corrected chi connectivity index (χ2v) is 8.86. The number of amides is 1. The number of likely N-dealkylation sites (N-methyl/N-ethyl adjacent to an activating group) is 1. The average Bonchev–Trinajstić information content (AvgIpc) is 3.33. The molecular formula is C25H27FN2O3S. The molecule has 32 heavy (non-hydrogen) atoms. The average molecular weight is 455 g/mol. The molecule has 1 atom stereocenters. The van der Waals surface area contributed by atoms with Crippen LogP contribution in [0.4, 0.5) is 4.39 Å². The molecule has 0 aliphatic carbocycles. The Morgan fingerprint density at radius 3 is 2.59 bits per heavy atom. The molecule has 5 nitrogen and oxygen atoms in total. The van der Waals surface area contributed by atoms with Crippen LogP contribution in [0.5, 0.6) is 11.5 Å². The van der Waals surface area contributed by atoms with Crippen LogP contribution in [0.1, 0.15) is 27.6 Å². The molecule has 2 heterocycles. The standard InChI is InChI=1S/C25H27FN2O3S/c1-27(15-18-7-4-5-8-20(18)26)24(29)16-28-11-10-17-13-21(30-2)22(31-3)14-19(17)25(28)23-9-6-12-32-23/h4-9,12-14,25H,10-11,15-16H2,1-3H3. The van der Waals surface area contributed by atoms with Gasteiger partial charge in [-0.3, -0.25) is 9.69 Å². The molecule has 1 aliphatic rings. The van der Waals surface area contributed by atoms with Gasteiger partial charge in [-0.2, -0.15) is 0 Å². The van der Waals surface area contributed by atoms with Gasteiger partial charge < -0.3 is 14.4 Å². The maximum absolute atomic E-state index is 14.0. The number of ether oxygens (including phenoxy) is 2. The molecule has 0 fully saturated rings. The highest BCUT2D eigenvalue weighted by Gasteiger charge is 2.32. The Morgan fingerprint density at radius 1 is 1.16 bits per heavy atom. The largest absolute Gasteiger partial charge is 0.493 e. The number of fused-ring (bicyclic) bond motifs is 1. The van der Waals surface area contributed by atoms with Crippen molar-refractivity contribution in [1.29, 1.82) is 0 Å². The molecule has 7 heteroatoms. The minimum Gasteiger partial charge on any atom is -0.493 e. The fourth-order valence-corrected chi connectivity index (χ4v) is 5.09. The Morgan fingerprint density at radius 2 is 1.91 bits per heavy atom. The van der Waals surface area contributed by atoms with E-state index in [0.29, 0.717) is 17.1 Å². The first-order valence-electron chi connectivity index (χ1n) is 10.5. The predicted molar refractivity (Wildman–Crippen MR) is 124 cm³/mol. The van der Waals surface area contributed by atoms with Crippen molar-refractivity contribution in [2.75, 3.05) is 34.4 Å². The van der Waals surface area contributed by atoms with E-state index >= 15 is 0 Å². The quantitative estimate of drug-likeness (QED) is 0.527. The third-order valence-corrected chi connectivity index (χ3v) is 6.84. The van der Waals surface area contributed by atoms with Gasteiger partial charge in [-0.05, 0) is 47.2 Å². The van der Waals surface area contributed by atoms with Crippen LogP contribution >= 0.6 is 11.3 Å². The van der Waals surface area contributed by atoms with Gasteiger partial charge in [0.1, 0.15) is 5.82 Å². The van der Waals surface area contributed by atoms with Gasteiger partial charge in [-0.15, -0.1) is 11.3 Å². The van der Waals surface area contributed by atoms with Crippen molar-refractivity contribution in [2.24, 2.45) is 0 Å². The molecule has 0 saturated carbocycles. The molecule has 4 rings (SSSR count). The van der Waals surface area contributed by atoms with E-state index in [0.717, 1.165) is 18.5 Å². The molecule has 1 amide bonds. The van der Waals surface area contributed by atoms with Gasteiger partial charge in [0.2, 0.25) is 5.91 Å². The lowest BCUT2D eigenvalue weighted by Crippen LogP contribution is -2.43. The maximum atomic E-state index is 14.0. The fourth-order valence-electron chi connectivity index (χ4n) is 4.21. The number of nitrogens with zero attached hydrogens (tertiary/aromatic N) is 2. The Labute approximate surface area is 192 Å². The summed E-state index contributed by atoms with van der Waals surface area (Å²) in [5.41, 5.74) is 2.84. The Kier molecular flexibility index (Phi) is 6.77. The summed E-state index contributed by atoms with van der Waals surface area (Å²) in [6, 6.07) is 14.7. The SMILES string of the molecule is COc1cc2c(cc1OC)C(c1cccs1)N(CC(=O)N(C)Cc1ccccc1F)CC2. The van der Waals surface area contributed by atoms with Gasteiger partial charge in [-0.25, -0.2) is 4.39 Å². The maximum Gasteiger partial charge on any atom is 0.236 e. The number of benzene rings is 2. The number of hydrogen-bond donors (Lipinski definition) is 0. The molecular weight excluding hydrogens is 427 g/mol. The fraction of sp³-hybridized carbons (Fsp3) is 0.320. The van der Waals surface area contributed by atoms with E-state index in [2.05, 4.69) is 16.3 Å². The first kappa shape index (κ1) is 22.3. The van der Waals surface area contributed by atoms with E-state index in [1.165, 1.54) is 16.5 Å². The first-order valence-corrected chi connectivity index (χ1v) is 11.4. The van der Waals surface area contributed by atoms with Crippen LogP contribution in [0.3, 0.4) is 0 Å². The van der Waals surface area contributed by atoms with Gasteiger partial charge in [0.15, 0.2) is 11.5 Å². The summed E-state index contributed by atoms with van der Waals surface area (Å²) in [6.45, 7) is 1.23. The van der Waals surface area contributed by atoms with Crippen LogP contribution in [0, 0.1) is 5.82 Å². The third-order valence-electron chi connectivity index (χ3n) is 5.92. The predicted octanol–water partition coefficient (Wildman–Crippen LogP) is 4.51. The van der Waals surface area contributed by atoms with Gasteiger partial charge >= 0.3 is 0 Å². The summed E-state index contributed by atoms with van der Waals surface area (Å²) in [4.78, 5) is 18.1. The molecule has 0 N–H and O–H groups in total. The highest BCUT2D eigenvalue weighted by atomic mass is 32.1. The summed E-state index contributed by atoms with van der Waals surface area (Å²) in [6.07, 6.45) is 0.807. The van der Waals surface area contributed by atoms with E-state index in [-0.39, 0.29) is 30.9 Å². The van der Waals surface area contributed by atoms with Gasteiger partial charge in [0, 0.05) is 30.6 Å². The smallest absolute Gasteiger partial charge is 0.236 e. The first-order chi connectivity index (χ1) is 15.5. The molecule has 1 aromatic heterocycles. The second kappa shape index (κ2) is 9.71. The van der Waals surface area contributed by atoms with Crippen LogP contribution in [0.25, 0.3) is 0 Å². The Balaban J connectivity index is 1.60. The Hall–Kier alpha value is -2.90. The van der Waals surface area contributed by atoms with E-state index in [9.17, 15) is 9.18 Å². The molecule has 0 saturated heterocycles. The summed E-state index contributed by atoms with van der Waals surface area (Å²) >= 11 is 1.67. The van der Waals surface area contributed by atoms with Crippen LogP contribution in [-0.2, 0) is 17.8 Å². The van der Waals surface area contributed by atoms with Crippen LogP contribution in [-0.4, -0.2) is 50.1 Å². The van der Waals surface area contributed by atoms with Crippen molar-refractivity contribution in [3.8, 4) is 11.5 Å². The molecule has 1 unspecified atom stereocenters. The lowest BCUT2D eigenvalue weighted by molar-refractivity contribution is -0.132. The normalized spacial score (nSPS) is 15.8. The molecule has 0 radical (unpaired) electrons. The van der Waals surface area contributed by atoms with Gasteiger partial charge in [-0.1, -0.05) is 24.3 Å². The zero-order valence-electron chi connectivity index (χ0n) is 18.5. The highest BCUT2D eigenvalue weighted by Crippen LogP contribution is 2.42. The number of thiophene rings is 1. The van der Waals surface area contributed by atoms with Crippen molar-refractivity contribution in [2.45, 2.75) is 19.0 Å². The number of hydrogen-bond acceptors (Lipinski definition) is 5. The molecule has 168 valence electrons. The van der Waals surface area contributed by atoms with Crippen molar-refractivity contribution < 1.29 is 18.7 Å². The van der Waals surface area contributed by atoms with E-state index < -0.39 is 0 Å². The van der Waals surface area contributed by atoms with Gasteiger partial charge in [0.25, 0.3) is 0 Å². The van der Waals surface area contributed by atoms with Crippen molar-refractivity contribution in [3.63, 3.8) is 0 Å². The number of methoxy groups -OCH3 is 2. The molecule has 1 aliphatic heterocycles. The lowest BCUT2D eigenvalue weighted by Gasteiger charge is -2.37. The number of halogens is 1. The molecule has 3 aromatic rings. The van der Waals surface area contributed by atoms with Gasteiger partial charge in [0.05, 0.1) is 26.8 Å². The molecule has 0 bridgehead atoms. The molecule has 0 spiro atoms. The topological polar surface area (TPSA) is 42.0 Å². The third kappa shape index (κ3) is 4.49. The second-order valence-electron chi connectivity index (χ2n) is 7.89.